The predicted octanol–water partition coefficient (Wildman–Crippen LogP) is 6.18. The van der Waals surface area contributed by atoms with Crippen molar-refractivity contribution in [3.8, 4) is 0 Å². The number of aliphatic carboxylic acids is 1. The topological polar surface area (TPSA) is 66.4 Å². The number of carboxylic acids is 1. The fraction of sp³-hybridized carbons (Fsp3) is 0.929. The van der Waals surface area contributed by atoms with Crippen LogP contribution >= 0.6 is 0 Å². The molecule has 196 valence electrons. The van der Waals surface area contributed by atoms with Crippen LogP contribution in [0.2, 0.25) is 0 Å². The Hall–Kier alpha value is -1.10. The molecule has 0 saturated carbocycles. The van der Waals surface area contributed by atoms with E-state index in [0.29, 0.717) is 24.0 Å². The maximum atomic E-state index is 11.8. The standard InChI is InChI=1S/C28H55NO4/c1-5-7-8-9-10-11-12-13-14-15-16-17-18-19-20-21-22-26(33-28(32)6-2)25-29(3,4)24-23-27(30)31/h26H,5-25H2,1-4H3. The van der Waals surface area contributed by atoms with E-state index in [-0.39, 0.29) is 18.5 Å². The van der Waals surface area contributed by atoms with Crippen LogP contribution in [0.5, 0.6) is 0 Å². The lowest BCUT2D eigenvalue weighted by Gasteiger charge is -2.33. The van der Waals surface area contributed by atoms with Gasteiger partial charge in [-0.3, -0.25) is 4.79 Å². The number of ether oxygens (including phenoxy) is 1. The van der Waals surface area contributed by atoms with Gasteiger partial charge >= 0.3 is 5.97 Å². The molecule has 1 atom stereocenters. The van der Waals surface area contributed by atoms with E-state index in [1.54, 1.807) is 0 Å². The molecule has 0 aliphatic rings. The maximum Gasteiger partial charge on any atom is 0.305 e. The Morgan fingerprint density at radius 1 is 0.727 bits per heavy atom. The van der Waals surface area contributed by atoms with Gasteiger partial charge in [-0.25, -0.2) is 0 Å². The summed E-state index contributed by atoms with van der Waals surface area (Å²) in [6, 6.07) is 0. The van der Waals surface area contributed by atoms with E-state index >= 15 is 0 Å². The highest BCUT2D eigenvalue weighted by molar-refractivity contribution is 5.69. The highest BCUT2D eigenvalue weighted by Crippen LogP contribution is 2.16. The third-order valence-electron chi connectivity index (χ3n) is 6.59. The van der Waals surface area contributed by atoms with Gasteiger partial charge in [0.15, 0.2) is 6.10 Å². The fourth-order valence-corrected chi connectivity index (χ4v) is 4.41. The third-order valence-corrected chi connectivity index (χ3v) is 6.59. The normalized spacial score (nSPS) is 12.6. The number of rotatable bonds is 24. The van der Waals surface area contributed by atoms with Crippen LogP contribution in [0.3, 0.4) is 0 Å². The fourth-order valence-electron chi connectivity index (χ4n) is 4.41. The van der Waals surface area contributed by atoms with E-state index in [0.717, 1.165) is 12.8 Å². The van der Waals surface area contributed by atoms with Gasteiger partial charge in [0, 0.05) is 18.8 Å². The Kier molecular flexibility index (Phi) is 20.7. The molecule has 0 fully saturated rings. The van der Waals surface area contributed by atoms with Crippen molar-refractivity contribution in [3.05, 3.63) is 0 Å². The summed E-state index contributed by atoms with van der Waals surface area (Å²) in [4.78, 5) is 22.6. The first-order valence-electron chi connectivity index (χ1n) is 14.0. The molecule has 1 unspecified atom stereocenters. The molecule has 5 nitrogen and oxygen atoms in total. The number of carbonyl (C=O) groups is 2. The summed E-state index contributed by atoms with van der Waals surface area (Å²) in [5.41, 5.74) is 0. The number of nitrogens with zero attached hydrogens (tertiary/aromatic N) is 1. The molecule has 0 aromatic carbocycles. The van der Waals surface area contributed by atoms with Crippen molar-refractivity contribution in [3.63, 3.8) is 0 Å². The number of hydrogen-bond donors (Lipinski definition) is 0. The molecule has 0 rings (SSSR count). The van der Waals surface area contributed by atoms with Gasteiger partial charge in [-0.2, -0.15) is 0 Å². The SMILES string of the molecule is CCCCCCCCCCCCCCCCCCC(C[N+](C)(C)CCC(=O)[O-])OC(=O)CC. The predicted molar refractivity (Wildman–Crippen MR) is 136 cm³/mol. The van der Waals surface area contributed by atoms with Crippen LogP contribution in [0.4, 0.5) is 0 Å². The molecule has 0 radical (unpaired) electrons. The molecule has 33 heavy (non-hydrogen) atoms. The number of unbranched alkanes of at least 4 members (excludes halogenated alkanes) is 15. The van der Waals surface area contributed by atoms with E-state index < -0.39 is 5.97 Å². The Morgan fingerprint density at radius 2 is 1.15 bits per heavy atom. The molecule has 0 amide bonds. The minimum Gasteiger partial charge on any atom is -0.550 e. The summed E-state index contributed by atoms with van der Waals surface area (Å²) in [5.74, 6) is -1.20. The van der Waals surface area contributed by atoms with Crippen LogP contribution in [0, 0.1) is 0 Å². The van der Waals surface area contributed by atoms with Crippen LogP contribution in [-0.4, -0.2) is 49.7 Å². The molecule has 0 saturated heterocycles. The maximum absolute atomic E-state index is 11.8. The van der Waals surface area contributed by atoms with E-state index in [9.17, 15) is 14.7 Å². The molecule has 0 aliphatic carbocycles. The Balaban J connectivity index is 3.78. The Bertz CT molecular complexity index is 479. The molecular weight excluding hydrogens is 414 g/mol. The molecular formula is C28H55NO4. The molecule has 0 N–H and O–H groups in total. The quantitative estimate of drug-likeness (QED) is 0.0962. The highest BCUT2D eigenvalue weighted by atomic mass is 16.5. The van der Waals surface area contributed by atoms with E-state index in [4.69, 9.17) is 4.74 Å². The summed E-state index contributed by atoms with van der Waals surface area (Å²) in [7, 11) is 3.98. The zero-order valence-corrected chi connectivity index (χ0v) is 22.5. The largest absolute Gasteiger partial charge is 0.550 e. The van der Waals surface area contributed by atoms with E-state index in [1.165, 1.54) is 96.3 Å². The van der Waals surface area contributed by atoms with Crippen molar-refractivity contribution in [2.24, 2.45) is 0 Å². The molecule has 0 aliphatic heterocycles. The van der Waals surface area contributed by atoms with Crippen molar-refractivity contribution >= 4 is 11.9 Å². The minimum absolute atomic E-state index is 0.0283. The van der Waals surface area contributed by atoms with Gasteiger partial charge in [0.25, 0.3) is 0 Å². The number of hydrogen-bond acceptors (Lipinski definition) is 4. The Morgan fingerprint density at radius 3 is 1.55 bits per heavy atom. The summed E-state index contributed by atoms with van der Waals surface area (Å²) in [5, 5.41) is 10.8. The third kappa shape index (κ3) is 22.5. The summed E-state index contributed by atoms with van der Waals surface area (Å²) < 4.78 is 6.17. The van der Waals surface area contributed by atoms with Crippen LogP contribution in [0.25, 0.3) is 0 Å². The van der Waals surface area contributed by atoms with Gasteiger partial charge in [-0.15, -0.1) is 0 Å². The van der Waals surface area contributed by atoms with Crippen molar-refractivity contribution in [2.75, 3.05) is 27.2 Å². The summed E-state index contributed by atoms with van der Waals surface area (Å²) >= 11 is 0. The van der Waals surface area contributed by atoms with Crippen LogP contribution in [-0.2, 0) is 14.3 Å². The second kappa shape index (κ2) is 21.4. The Labute approximate surface area is 205 Å². The number of quaternary nitrogens is 1. The summed E-state index contributed by atoms with van der Waals surface area (Å²) in [6.45, 7) is 5.22. The molecule has 0 bridgehead atoms. The average Bonchev–Trinajstić information content (AvgIpc) is 2.77. The number of carbonyl (C=O) groups excluding carboxylic acids is 2. The number of esters is 1. The second-order valence-corrected chi connectivity index (χ2v) is 10.5. The van der Waals surface area contributed by atoms with Crippen molar-refractivity contribution in [1.29, 1.82) is 0 Å². The van der Waals surface area contributed by atoms with Gasteiger partial charge in [-0.05, 0) is 12.8 Å². The first kappa shape index (κ1) is 31.9. The monoisotopic (exact) mass is 469 g/mol. The van der Waals surface area contributed by atoms with Gasteiger partial charge in [0.1, 0.15) is 6.54 Å². The lowest BCUT2D eigenvalue weighted by Crippen LogP contribution is -2.48. The first-order chi connectivity index (χ1) is 15.8. The zero-order chi connectivity index (χ0) is 24.8. The van der Waals surface area contributed by atoms with Crippen LogP contribution in [0.1, 0.15) is 136 Å². The van der Waals surface area contributed by atoms with E-state index in [1.807, 2.05) is 21.0 Å². The molecule has 0 heterocycles. The molecule has 0 aromatic rings. The van der Waals surface area contributed by atoms with Crippen molar-refractivity contribution < 1.29 is 23.9 Å². The van der Waals surface area contributed by atoms with Gasteiger partial charge < -0.3 is 19.1 Å². The smallest absolute Gasteiger partial charge is 0.305 e. The van der Waals surface area contributed by atoms with E-state index in [2.05, 4.69) is 6.92 Å². The van der Waals surface area contributed by atoms with Gasteiger partial charge in [0.05, 0.1) is 20.6 Å². The average molecular weight is 470 g/mol. The molecule has 5 heteroatoms. The minimum atomic E-state index is -1.03. The van der Waals surface area contributed by atoms with Crippen LogP contribution in [0.15, 0.2) is 0 Å². The number of likely N-dealkylation sites (N-methyl/N-ethyl adjacent to an activating group) is 1. The molecule has 0 spiro atoms. The lowest BCUT2D eigenvalue weighted by molar-refractivity contribution is -0.892. The second-order valence-electron chi connectivity index (χ2n) is 10.5. The molecule has 0 aromatic heterocycles. The number of carboxylic acid groups (broad SMARTS) is 1. The lowest BCUT2D eigenvalue weighted by atomic mass is 10.0. The first-order valence-corrected chi connectivity index (χ1v) is 14.0. The highest BCUT2D eigenvalue weighted by Gasteiger charge is 2.24. The van der Waals surface area contributed by atoms with Gasteiger partial charge in [0.2, 0.25) is 0 Å². The zero-order valence-electron chi connectivity index (χ0n) is 22.5. The van der Waals surface area contributed by atoms with Crippen LogP contribution < -0.4 is 5.11 Å². The summed E-state index contributed by atoms with van der Waals surface area (Å²) in [6.07, 6.45) is 22.6. The van der Waals surface area contributed by atoms with Gasteiger partial charge in [-0.1, -0.05) is 110 Å². The van der Waals surface area contributed by atoms with Crippen molar-refractivity contribution in [1.82, 2.24) is 0 Å². The van der Waals surface area contributed by atoms with Crippen molar-refractivity contribution in [2.45, 2.75) is 142 Å².